The predicted octanol–water partition coefficient (Wildman–Crippen LogP) is 2.34. The Bertz CT molecular complexity index is 1260. The van der Waals surface area contributed by atoms with Crippen LogP contribution >= 0.6 is 12.4 Å². The highest BCUT2D eigenvalue weighted by Gasteiger charge is 2.38. The zero-order valence-corrected chi connectivity index (χ0v) is 16.2. The fraction of sp³-hybridized carbons (Fsp3) is 0.0952. The van der Waals surface area contributed by atoms with Crippen LogP contribution in [0.3, 0.4) is 0 Å². The van der Waals surface area contributed by atoms with Crippen LogP contribution < -0.4 is 4.74 Å². The number of aliphatic hydroxyl groups excluding tert-OH is 1. The number of fused-ring (bicyclic) bond motifs is 3. The number of hydrogen-bond donors (Lipinski definition) is 4. The zero-order valence-electron chi connectivity index (χ0n) is 15.4. The standard InChI is InChI=1S/C21H14O8.ClH/c1-29-21-15-14(18(26)19(27)20(21)28)16(24)12-6-10-4-9(13(23)7-22)3-2-8(10)5-11(12)17(15)25;/h2-6,22,26-28H,7H2,1H3;1H. The molecular weight excluding hydrogens is 416 g/mol. The number of ketones is 3. The van der Waals surface area contributed by atoms with Gasteiger partial charge in [-0.2, -0.15) is 0 Å². The normalized spacial score (nSPS) is 12.2. The SMILES string of the molecule is COc1c(O)c(O)c(O)c2c1C(=O)c1cc3ccc(C(=O)CO)cc3cc1C2=O.Cl. The third-order valence-corrected chi connectivity index (χ3v) is 4.97. The molecule has 4 rings (SSSR count). The lowest BCUT2D eigenvalue weighted by Gasteiger charge is -2.22. The van der Waals surface area contributed by atoms with Gasteiger partial charge in [-0.1, -0.05) is 12.1 Å². The number of halogens is 1. The molecule has 0 aromatic heterocycles. The molecule has 0 unspecified atom stereocenters. The number of Topliss-reactive ketones (excluding diaryl/α,β-unsaturated/α-hetero) is 1. The van der Waals surface area contributed by atoms with Gasteiger partial charge in [0, 0.05) is 16.7 Å². The summed E-state index contributed by atoms with van der Waals surface area (Å²) in [6.45, 7) is -0.669. The second-order valence-corrected chi connectivity index (χ2v) is 6.53. The Balaban J connectivity index is 0.00000256. The van der Waals surface area contributed by atoms with Crippen LogP contribution in [0, 0.1) is 0 Å². The van der Waals surface area contributed by atoms with Gasteiger partial charge < -0.3 is 25.2 Å². The fourth-order valence-electron chi connectivity index (χ4n) is 3.53. The number of carbonyl (C=O) groups is 3. The summed E-state index contributed by atoms with van der Waals surface area (Å²) in [6.07, 6.45) is 0. The molecular formula is C21H15ClO8. The highest BCUT2D eigenvalue weighted by molar-refractivity contribution is 6.32. The van der Waals surface area contributed by atoms with Crippen LogP contribution in [0.25, 0.3) is 10.8 Å². The monoisotopic (exact) mass is 430 g/mol. The quantitative estimate of drug-likeness (QED) is 0.286. The first-order chi connectivity index (χ1) is 13.8. The minimum absolute atomic E-state index is 0. The smallest absolute Gasteiger partial charge is 0.205 e. The number of phenols is 3. The van der Waals surface area contributed by atoms with Gasteiger partial charge in [-0.25, -0.2) is 0 Å². The number of benzene rings is 3. The second kappa shape index (κ2) is 7.33. The molecule has 0 saturated heterocycles. The summed E-state index contributed by atoms with van der Waals surface area (Å²) in [5.41, 5.74) is -0.590. The van der Waals surface area contributed by atoms with Gasteiger partial charge in [-0.05, 0) is 29.0 Å². The number of ether oxygens (including phenoxy) is 1. The third-order valence-electron chi connectivity index (χ3n) is 4.97. The number of hydrogen-bond acceptors (Lipinski definition) is 8. The lowest BCUT2D eigenvalue weighted by Crippen LogP contribution is -2.22. The number of aromatic hydroxyl groups is 3. The molecule has 0 fully saturated rings. The molecule has 0 bridgehead atoms. The topological polar surface area (TPSA) is 141 Å². The van der Waals surface area contributed by atoms with Crippen LogP contribution in [0.1, 0.15) is 42.2 Å². The van der Waals surface area contributed by atoms with Crippen molar-refractivity contribution in [2.45, 2.75) is 0 Å². The van der Waals surface area contributed by atoms with E-state index in [0.717, 1.165) is 7.11 Å². The van der Waals surface area contributed by atoms with E-state index in [4.69, 9.17) is 9.84 Å². The van der Waals surface area contributed by atoms with E-state index in [2.05, 4.69) is 0 Å². The van der Waals surface area contributed by atoms with Crippen LogP contribution in [0.2, 0.25) is 0 Å². The van der Waals surface area contributed by atoms with Crippen molar-refractivity contribution in [2.24, 2.45) is 0 Å². The van der Waals surface area contributed by atoms with Crippen molar-refractivity contribution in [2.75, 3.05) is 13.7 Å². The molecule has 154 valence electrons. The molecule has 3 aromatic carbocycles. The molecule has 0 atom stereocenters. The number of phenolic OH excluding ortho intramolecular Hbond substituents is 3. The summed E-state index contributed by atoms with van der Waals surface area (Å²) in [4.78, 5) is 37.9. The van der Waals surface area contributed by atoms with E-state index in [1.165, 1.54) is 24.3 Å². The first-order valence-corrected chi connectivity index (χ1v) is 8.46. The van der Waals surface area contributed by atoms with Crippen molar-refractivity contribution in [3.8, 4) is 23.0 Å². The Kier molecular flexibility index (Phi) is 5.15. The number of carbonyl (C=O) groups excluding carboxylic acids is 3. The zero-order chi connectivity index (χ0) is 21.0. The first-order valence-electron chi connectivity index (χ1n) is 8.46. The van der Waals surface area contributed by atoms with E-state index in [-0.39, 0.29) is 34.7 Å². The predicted molar refractivity (Wildman–Crippen MR) is 107 cm³/mol. The van der Waals surface area contributed by atoms with Crippen molar-refractivity contribution in [1.82, 2.24) is 0 Å². The molecule has 0 radical (unpaired) electrons. The van der Waals surface area contributed by atoms with Gasteiger partial charge in [0.15, 0.2) is 28.8 Å². The van der Waals surface area contributed by atoms with Crippen molar-refractivity contribution in [3.63, 3.8) is 0 Å². The Hall–Kier alpha value is -3.62. The van der Waals surface area contributed by atoms with Gasteiger partial charge in [-0.3, -0.25) is 14.4 Å². The average molecular weight is 431 g/mol. The number of methoxy groups -OCH3 is 1. The summed E-state index contributed by atoms with van der Waals surface area (Å²) >= 11 is 0. The molecule has 0 spiro atoms. The molecule has 0 saturated carbocycles. The lowest BCUT2D eigenvalue weighted by atomic mass is 9.81. The van der Waals surface area contributed by atoms with Crippen molar-refractivity contribution in [1.29, 1.82) is 0 Å². The molecule has 0 heterocycles. The van der Waals surface area contributed by atoms with Gasteiger partial charge >= 0.3 is 0 Å². The molecule has 3 aromatic rings. The average Bonchev–Trinajstić information content (AvgIpc) is 2.73. The van der Waals surface area contributed by atoms with Gasteiger partial charge in [0.05, 0.1) is 18.2 Å². The minimum Gasteiger partial charge on any atom is -0.504 e. The molecule has 30 heavy (non-hydrogen) atoms. The van der Waals surface area contributed by atoms with Crippen molar-refractivity contribution in [3.05, 3.63) is 58.1 Å². The van der Waals surface area contributed by atoms with Crippen molar-refractivity contribution >= 4 is 40.5 Å². The molecule has 0 aliphatic heterocycles. The Labute approximate surface area is 175 Å². The summed E-state index contributed by atoms with van der Waals surface area (Å²) in [5.74, 6) is -5.07. The maximum Gasteiger partial charge on any atom is 0.205 e. The molecule has 1 aliphatic carbocycles. The van der Waals surface area contributed by atoms with Gasteiger partial charge in [0.2, 0.25) is 11.5 Å². The van der Waals surface area contributed by atoms with Gasteiger partial charge in [0.25, 0.3) is 0 Å². The lowest BCUT2D eigenvalue weighted by molar-refractivity contribution is 0.0903. The van der Waals surface area contributed by atoms with E-state index >= 15 is 0 Å². The van der Waals surface area contributed by atoms with Gasteiger partial charge in [-0.15, -0.1) is 12.4 Å². The first kappa shape index (κ1) is 21.1. The van der Waals surface area contributed by atoms with Crippen LogP contribution in [-0.4, -0.2) is 51.5 Å². The summed E-state index contributed by atoms with van der Waals surface area (Å²) < 4.78 is 5.00. The second-order valence-electron chi connectivity index (χ2n) is 6.53. The van der Waals surface area contributed by atoms with E-state index in [1.807, 2.05) is 0 Å². The largest absolute Gasteiger partial charge is 0.504 e. The van der Waals surface area contributed by atoms with E-state index < -0.39 is 52.5 Å². The van der Waals surface area contributed by atoms with Crippen LogP contribution in [-0.2, 0) is 0 Å². The highest BCUT2D eigenvalue weighted by atomic mass is 35.5. The van der Waals surface area contributed by atoms with Crippen molar-refractivity contribution < 1.29 is 39.5 Å². The Morgan fingerprint density at radius 1 is 0.867 bits per heavy atom. The van der Waals surface area contributed by atoms with Gasteiger partial charge in [0.1, 0.15) is 6.61 Å². The van der Waals surface area contributed by atoms with E-state index in [9.17, 15) is 29.7 Å². The molecule has 8 nitrogen and oxygen atoms in total. The molecule has 9 heteroatoms. The minimum atomic E-state index is -0.971. The summed E-state index contributed by atoms with van der Waals surface area (Å²) in [7, 11) is 1.15. The number of aliphatic hydroxyl groups is 1. The maximum atomic E-state index is 13.1. The summed E-state index contributed by atoms with van der Waals surface area (Å²) in [5, 5.41) is 40.2. The Morgan fingerprint density at radius 3 is 2.07 bits per heavy atom. The van der Waals surface area contributed by atoms with Crippen LogP contribution in [0.15, 0.2) is 30.3 Å². The van der Waals surface area contributed by atoms with E-state index in [1.54, 1.807) is 6.07 Å². The molecule has 0 amide bonds. The maximum absolute atomic E-state index is 13.1. The molecule has 4 N–H and O–H groups in total. The van der Waals surface area contributed by atoms with Crippen LogP contribution in [0.4, 0.5) is 0 Å². The van der Waals surface area contributed by atoms with Crippen LogP contribution in [0.5, 0.6) is 23.0 Å². The third kappa shape index (κ3) is 2.77. The fourth-order valence-corrected chi connectivity index (χ4v) is 3.53. The number of rotatable bonds is 3. The Morgan fingerprint density at radius 2 is 1.47 bits per heavy atom. The van der Waals surface area contributed by atoms with E-state index in [0.29, 0.717) is 10.8 Å². The highest BCUT2D eigenvalue weighted by Crippen LogP contribution is 2.50. The summed E-state index contributed by atoms with van der Waals surface area (Å²) in [6, 6.07) is 7.41. The molecule has 1 aliphatic rings.